The second-order valence-electron chi connectivity index (χ2n) is 5.92. The third-order valence-electron chi connectivity index (χ3n) is 4.50. The standard InChI is InChI=1S/C19H19ClN2O/c1-11-5-7-15(10-17(11)20)21-19(23)14-6-8-18-16(9-14)12(2)13(3)22(18)4/h5-10H,1-4H3,(H,21,23). The Morgan fingerprint density at radius 3 is 2.52 bits per heavy atom. The number of anilines is 1. The number of halogens is 1. The van der Waals surface area contributed by atoms with Gasteiger partial charge < -0.3 is 9.88 Å². The van der Waals surface area contributed by atoms with Gasteiger partial charge in [-0.1, -0.05) is 17.7 Å². The van der Waals surface area contributed by atoms with Crippen LogP contribution in [0.4, 0.5) is 5.69 Å². The molecule has 0 aliphatic rings. The average molecular weight is 327 g/mol. The lowest BCUT2D eigenvalue weighted by atomic mass is 10.1. The molecule has 1 heterocycles. The molecule has 118 valence electrons. The van der Waals surface area contributed by atoms with E-state index in [1.165, 1.54) is 11.3 Å². The molecule has 0 aliphatic carbocycles. The van der Waals surface area contributed by atoms with Gasteiger partial charge >= 0.3 is 0 Å². The summed E-state index contributed by atoms with van der Waals surface area (Å²) >= 11 is 6.11. The number of hydrogen-bond donors (Lipinski definition) is 1. The van der Waals surface area contributed by atoms with Crippen LogP contribution in [0.5, 0.6) is 0 Å². The quantitative estimate of drug-likeness (QED) is 0.705. The molecule has 3 rings (SSSR count). The van der Waals surface area contributed by atoms with Crippen LogP contribution < -0.4 is 5.32 Å². The zero-order valence-corrected chi connectivity index (χ0v) is 14.5. The average Bonchev–Trinajstić information content (AvgIpc) is 2.75. The molecule has 0 fully saturated rings. The van der Waals surface area contributed by atoms with Gasteiger partial charge in [0.2, 0.25) is 0 Å². The first kappa shape index (κ1) is 15.6. The van der Waals surface area contributed by atoms with Gasteiger partial charge in [-0.25, -0.2) is 0 Å². The van der Waals surface area contributed by atoms with Crippen molar-refractivity contribution in [1.82, 2.24) is 4.57 Å². The highest BCUT2D eigenvalue weighted by Crippen LogP contribution is 2.26. The van der Waals surface area contributed by atoms with Crippen molar-refractivity contribution >= 4 is 34.1 Å². The maximum absolute atomic E-state index is 12.5. The van der Waals surface area contributed by atoms with Crippen molar-refractivity contribution in [2.24, 2.45) is 7.05 Å². The van der Waals surface area contributed by atoms with Crippen molar-refractivity contribution in [3.63, 3.8) is 0 Å². The Kier molecular flexibility index (Phi) is 3.90. The lowest BCUT2D eigenvalue weighted by Crippen LogP contribution is -2.11. The highest BCUT2D eigenvalue weighted by Gasteiger charge is 2.12. The number of amides is 1. The third-order valence-corrected chi connectivity index (χ3v) is 4.91. The van der Waals surface area contributed by atoms with Crippen molar-refractivity contribution in [3.8, 4) is 0 Å². The van der Waals surface area contributed by atoms with E-state index in [4.69, 9.17) is 11.6 Å². The zero-order chi connectivity index (χ0) is 16.7. The van der Waals surface area contributed by atoms with Crippen molar-refractivity contribution in [2.75, 3.05) is 5.32 Å². The first-order valence-corrected chi connectivity index (χ1v) is 7.89. The van der Waals surface area contributed by atoms with Gasteiger partial charge in [0.1, 0.15) is 0 Å². The molecule has 23 heavy (non-hydrogen) atoms. The number of nitrogens with zero attached hydrogens (tertiary/aromatic N) is 1. The second-order valence-corrected chi connectivity index (χ2v) is 6.33. The van der Waals surface area contributed by atoms with Crippen LogP contribution in [0.1, 0.15) is 27.2 Å². The summed E-state index contributed by atoms with van der Waals surface area (Å²) in [6.07, 6.45) is 0. The fraction of sp³-hybridized carbons (Fsp3) is 0.211. The van der Waals surface area contributed by atoms with Crippen LogP contribution in [0.2, 0.25) is 5.02 Å². The van der Waals surface area contributed by atoms with Crippen LogP contribution >= 0.6 is 11.6 Å². The topological polar surface area (TPSA) is 34.0 Å². The van der Waals surface area contributed by atoms with Crippen LogP contribution in [0, 0.1) is 20.8 Å². The molecule has 0 saturated carbocycles. The largest absolute Gasteiger partial charge is 0.348 e. The zero-order valence-electron chi connectivity index (χ0n) is 13.7. The van der Waals surface area contributed by atoms with Crippen LogP contribution in [0.3, 0.4) is 0 Å². The van der Waals surface area contributed by atoms with Crippen LogP contribution in [-0.4, -0.2) is 10.5 Å². The molecule has 0 spiro atoms. The van der Waals surface area contributed by atoms with Crippen LogP contribution in [0.25, 0.3) is 10.9 Å². The minimum atomic E-state index is -0.132. The molecule has 0 bridgehead atoms. The van der Waals surface area contributed by atoms with Gasteiger partial charge in [-0.2, -0.15) is 0 Å². The SMILES string of the molecule is Cc1ccc(NC(=O)c2ccc3c(c2)c(C)c(C)n3C)cc1Cl. The van der Waals surface area contributed by atoms with Gasteiger partial charge in [-0.3, -0.25) is 4.79 Å². The molecule has 4 heteroatoms. The van der Waals surface area contributed by atoms with E-state index in [-0.39, 0.29) is 5.91 Å². The maximum Gasteiger partial charge on any atom is 0.255 e. The van der Waals surface area contributed by atoms with Gasteiger partial charge in [0.25, 0.3) is 5.91 Å². The first-order chi connectivity index (χ1) is 10.9. The van der Waals surface area contributed by atoms with E-state index in [1.807, 2.05) is 44.3 Å². The summed E-state index contributed by atoms with van der Waals surface area (Å²) in [4.78, 5) is 12.5. The summed E-state index contributed by atoms with van der Waals surface area (Å²) in [7, 11) is 2.04. The van der Waals surface area contributed by atoms with E-state index in [2.05, 4.69) is 23.7 Å². The Morgan fingerprint density at radius 2 is 1.83 bits per heavy atom. The fourth-order valence-corrected chi connectivity index (χ4v) is 2.95. The van der Waals surface area contributed by atoms with Gasteiger partial charge in [0, 0.05) is 39.9 Å². The molecule has 0 aliphatic heterocycles. The Balaban J connectivity index is 1.94. The molecule has 0 radical (unpaired) electrons. The molecule has 2 aromatic carbocycles. The van der Waals surface area contributed by atoms with E-state index in [9.17, 15) is 4.79 Å². The Morgan fingerprint density at radius 1 is 1.09 bits per heavy atom. The number of benzene rings is 2. The molecule has 0 saturated heterocycles. The van der Waals surface area contributed by atoms with Gasteiger partial charge in [-0.05, 0) is 62.2 Å². The summed E-state index contributed by atoms with van der Waals surface area (Å²) in [6.45, 7) is 6.10. The number of carbonyl (C=O) groups excluding carboxylic acids is 1. The lowest BCUT2D eigenvalue weighted by molar-refractivity contribution is 0.102. The monoisotopic (exact) mass is 326 g/mol. The van der Waals surface area contributed by atoms with Crippen molar-refractivity contribution < 1.29 is 4.79 Å². The van der Waals surface area contributed by atoms with E-state index in [0.717, 1.165) is 16.5 Å². The number of hydrogen-bond acceptors (Lipinski definition) is 1. The highest BCUT2D eigenvalue weighted by molar-refractivity contribution is 6.31. The molecule has 1 aromatic heterocycles. The summed E-state index contributed by atoms with van der Waals surface area (Å²) in [5.41, 5.74) is 5.88. The summed E-state index contributed by atoms with van der Waals surface area (Å²) < 4.78 is 2.14. The third kappa shape index (κ3) is 2.73. The van der Waals surface area contributed by atoms with E-state index < -0.39 is 0 Å². The number of fused-ring (bicyclic) bond motifs is 1. The van der Waals surface area contributed by atoms with E-state index in [1.54, 1.807) is 6.07 Å². The predicted molar refractivity (Wildman–Crippen MR) is 96.5 cm³/mol. The normalized spacial score (nSPS) is 11.0. The highest BCUT2D eigenvalue weighted by atomic mass is 35.5. The van der Waals surface area contributed by atoms with Crippen LogP contribution in [0.15, 0.2) is 36.4 Å². The van der Waals surface area contributed by atoms with Gasteiger partial charge in [0.05, 0.1) is 0 Å². The summed E-state index contributed by atoms with van der Waals surface area (Å²) in [5, 5.41) is 4.66. The van der Waals surface area contributed by atoms with Crippen molar-refractivity contribution in [1.29, 1.82) is 0 Å². The smallest absolute Gasteiger partial charge is 0.255 e. The number of aryl methyl sites for hydroxylation is 3. The maximum atomic E-state index is 12.5. The van der Waals surface area contributed by atoms with Gasteiger partial charge in [-0.15, -0.1) is 0 Å². The Bertz CT molecular complexity index is 925. The predicted octanol–water partition coefficient (Wildman–Crippen LogP) is 5.01. The minimum Gasteiger partial charge on any atom is -0.348 e. The molecular formula is C19H19ClN2O. The van der Waals surface area contributed by atoms with Crippen molar-refractivity contribution in [3.05, 3.63) is 63.8 Å². The number of rotatable bonds is 2. The summed E-state index contributed by atoms with van der Waals surface area (Å²) in [5.74, 6) is -0.132. The second kappa shape index (κ2) is 5.74. The number of aromatic nitrogens is 1. The fourth-order valence-electron chi connectivity index (χ4n) is 2.77. The number of carbonyl (C=O) groups is 1. The molecule has 3 nitrogen and oxygen atoms in total. The number of nitrogens with one attached hydrogen (secondary N) is 1. The van der Waals surface area contributed by atoms with E-state index >= 15 is 0 Å². The van der Waals surface area contributed by atoms with Gasteiger partial charge in [0.15, 0.2) is 0 Å². The molecule has 1 amide bonds. The lowest BCUT2D eigenvalue weighted by Gasteiger charge is -2.07. The first-order valence-electron chi connectivity index (χ1n) is 7.51. The molecule has 0 unspecified atom stereocenters. The van der Waals surface area contributed by atoms with Crippen LogP contribution in [-0.2, 0) is 7.05 Å². The minimum absolute atomic E-state index is 0.132. The molecule has 0 atom stereocenters. The Labute approximate surface area is 140 Å². The molecule has 3 aromatic rings. The summed E-state index contributed by atoms with van der Waals surface area (Å²) in [6, 6.07) is 11.3. The molecular weight excluding hydrogens is 308 g/mol. The van der Waals surface area contributed by atoms with Crippen molar-refractivity contribution in [2.45, 2.75) is 20.8 Å². The Hall–Kier alpha value is -2.26. The molecule has 1 N–H and O–H groups in total. The van der Waals surface area contributed by atoms with E-state index in [0.29, 0.717) is 16.3 Å².